The smallest absolute Gasteiger partial charge is 0.295 e. The maximum Gasteiger partial charge on any atom is 0.295 e. The van der Waals surface area contributed by atoms with Crippen LogP contribution in [-0.2, 0) is 11.2 Å². The monoisotopic (exact) mass is 360 g/mol. The number of rotatable bonds is 4. The Morgan fingerprint density at radius 3 is 2.63 bits per heavy atom. The lowest BCUT2D eigenvalue weighted by Gasteiger charge is -2.12. The number of carbonyl (C=O) groups is 1. The molecule has 1 amide bonds. The molecule has 2 heterocycles. The minimum absolute atomic E-state index is 0.0482. The molecular formula is C20H16N4O3. The molecule has 134 valence electrons. The van der Waals surface area contributed by atoms with E-state index in [9.17, 15) is 14.9 Å². The Labute approximate surface area is 155 Å². The Hall–Kier alpha value is -3.74. The van der Waals surface area contributed by atoms with Crippen molar-refractivity contribution in [2.24, 2.45) is 0 Å². The molecule has 0 saturated carbocycles. The van der Waals surface area contributed by atoms with Crippen LogP contribution in [0.2, 0.25) is 0 Å². The number of carbonyl (C=O) groups excluding carboxylic acids is 1. The molecular weight excluding hydrogens is 344 g/mol. The van der Waals surface area contributed by atoms with Gasteiger partial charge in [0.1, 0.15) is 5.82 Å². The molecule has 7 heteroatoms. The fourth-order valence-electron chi connectivity index (χ4n) is 3.17. The molecule has 0 saturated heterocycles. The van der Waals surface area contributed by atoms with Gasteiger partial charge in [0.15, 0.2) is 5.69 Å². The van der Waals surface area contributed by atoms with Gasteiger partial charge in [0.25, 0.3) is 5.69 Å². The van der Waals surface area contributed by atoms with E-state index in [0.717, 1.165) is 16.9 Å². The number of nitro groups is 1. The van der Waals surface area contributed by atoms with Gasteiger partial charge in [0, 0.05) is 30.1 Å². The number of hydrogen-bond acceptors (Lipinski definition) is 5. The standard InChI is InChI=1S/C20H16N4O3/c1-23-16-8-7-15(11-14(16)12-19(23)25)21-18-10-9-17(24(26)27)20(22-18)13-5-3-2-4-6-13/h2-11H,12H2,1H3,(H,21,22). The van der Waals surface area contributed by atoms with E-state index in [1.165, 1.54) is 6.07 Å². The quantitative estimate of drug-likeness (QED) is 0.563. The van der Waals surface area contributed by atoms with E-state index in [-0.39, 0.29) is 11.6 Å². The highest BCUT2D eigenvalue weighted by Crippen LogP contribution is 2.33. The molecule has 0 radical (unpaired) electrons. The summed E-state index contributed by atoms with van der Waals surface area (Å²) in [6.07, 6.45) is 0.365. The van der Waals surface area contributed by atoms with Gasteiger partial charge in [0.05, 0.1) is 11.3 Å². The molecule has 0 unspecified atom stereocenters. The number of nitrogens with one attached hydrogen (secondary N) is 1. The van der Waals surface area contributed by atoms with Gasteiger partial charge in [-0.05, 0) is 29.8 Å². The van der Waals surface area contributed by atoms with Gasteiger partial charge < -0.3 is 10.2 Å². The molecule has 0 spiro atoms. The van der Waals surface area contributed by atoms with Crippen LogP contribution >= 0.6 is 0 Å². The lowest BCUT2D eigenvalue weighted by molar-refractivity contribution is -0.384. The molecule has 0 aliphatic carbocycles. The van der Waals surface area contributed by atoms with Crippen LogP contribution in [0.3, 0.4) is 0 Å². The van der Waals surface area contributed by atoms with Crippen molar-refractivity contribution >= 4 is 28.8 Å². The summed E-state index contributed by atoms with van der Waals surface area (Å²) in [5.74, 6) is 0.555. The van der Waals surface area contributed by atoms with Crippen molar-refractivity contribution in [1.29, 1.82) is 0 Å². The molecule has 1 aliphatic rings. The highest BCUT2D eigenvalue weighted by atomic mass is 16.6. The summed E-state index contributed by atoms with van der Waals surface area (Å²) in [4.78, 5) is 28.8. The third-order valence-corrected chi connectivity index (χ3v) is 4.55. The molecule has 2 aromatic carbocycles. The van der Waals surface area contributed by atoms with E-state index in [1.807, 2.05) is 36.4 Å². The van der Waals surface area contributed by atoms with Gasteiger partial charge in [-0.2, -0.15) is 0 Å². The number of anilines is 3. The summed E-state index contributed by atoms with van der Waals surface area (Å²) in [5, 5.41) is 14.5. The van der Waals surface area contributed by atoms with E-state index in [2.05, 4.69) is 10.3 Å². The zero-order valence-corrected chi connectivity index (χ0v) is 14.5. The highest BCUT2D eigenvalue weighted by molar-refractivity contribution is 6.01. The van der Waals surface area contributed by atoms with Crippen LogP contribution in [0.1, 0.15) is 5.56 Å². The summed E-state index contributed by atoms with van der Waals surface area (Å²) in [7, 11) is 1.76. The average Bonchev–Trinajstić information content (AvgIpc) is 2.95. The van der Waals surface area contributed by atoms with Crippen LogP contribution < -0.4 is 10.2 Å². The van der Waals surface area contributed by atoms with Crippen LogP contribution in [-0.4, -0.2) is 22.9 Å². The van der Waals surface area contributed by atoms with Crippen LogP contribution in [0.15, 0.2) is 60.7 Å². The highest BCUT2D eigenvalue weighted by Gasteiger charge is 2.24. The number of benzene rings is 2. The van der Waals surface area contributed by atoms with E-state index in [4.69, 9.17) is 0 Å². The zero-order valence-electron chi connectivity index (χ0n) is 14.5. The van der Waals surface area contributed by atoms with Gasteiger partial charge in [0.2, 0.25) is 5.91 Å². The lowest BCUT2D eigenvalue weighted by atomic mass is 10.1. The lowest BCUT2D eigenvalue weighted by Crippen LogP contribution is -2.20. The Bertz CT molecular complexity index is 1050. The molecule has 4 rings (SSSR count). The minimum atomic E-state index is -0.435. The average molecular weight is 360 g/mol. The van der Waals surface area contributed by atoms with Crippen molar-refractivity contribution in [3.05, 3.63) is 76.3 Å². The first-order chi connectivity index (χ1) is 13.0. The molecule has 1 N–H and O–H groups in total. The molecule has 1 aromatic heterocycles. The summed E-state index contributed by atoms with van der Waals surface area (Å²) in [5.41, 5.74) is 3.55. The molecule has 0 atom stereocenters. The number of likely N-dealkylation sites (N-methyl/N-ethyl adjacent to an activating group) is 1. The third kappa shape index (κ3) is 3.10. The molecule has 7 nitrogen and oxygen atoms in total. The van der Waals surface area contributed by atoms with E-state index >= 15 is 0 Å². The normalized spacial score (nSPS) is 12.8. The van der Waals surface area contributed by atoms with Gasteiger partial charge >= 0.3 is 0 Å². The van der Waals surface area contributed by atoms with Gasteiger partial charge in [-0.25, -0.2) is 4.98 Å². The number of nitrogens with zero attached hydrogens (tertiary/aromatic N) is 3. The second-order valence-corrected chi connectivity index (χ2v) is 6.29. The first-order valence-corrected chi connectivity index (χ1v) is 8.40. The van der Waals surface area contributed by atoms with Crippen LogP contribution in [0, 0.1) is 10.1 Å². The Balaban J connectivity index is 1.69. The molecule has 3 aromatic rings. The molecule has 27 heavy (non-hydrogen) atoms. The third-order valence-electron chi connectivity index (χ3n) is 4.55. The molecule has 0 bridgehead atoms. The van der Waals surface area contributed by atoms with Gasteiger partial charge in [-0.1, -0.05) is 30.3 Å². The van der Waals surface area contributed by atoms with Crippen molar-refractivity contribution in [1.82, 2.24) is 4.98 Å². The van der Waals surface area contributed by atoms with Crippen LogP contribution in [0.5, 0.6) is 0 Å². The van der Waals surface area contributed by atoms with E-state index in [1.54, 1.807) is 30.1 Å². The molecule has 1 aliphatic heterocycles. The van der Waals surface area contributed by atoms with Crippen molar-refractivity contribution in [2.75, 3.05) is 17.3 Å². The Morgan fingerprint density at radius 1 is 1.11 bits per heavy atom. The topological polar surface area (TPSA) is 88.4 Å². The summed E-state index contributed by atoms with van der Waals surface area (Å²) in [6.45, 7) is 0. The van der Waals surface area contributed by atoms with Crippen molar-refractivity contribution in [3.8, 4) is 11.3 Å². The largest absolute Gasteiger partial charge is 0.340 e. The van der Waals surface area contributed by atoms with Crippen molar-refractivity contribution in [3.63, 3.8) is 0 Å². The predicted octanol–water partition coefficient (Wildman–Crippen LogP) is 3.92. The maximum absolute atomic E-state index is 11.8. The van der Waals surface area contributed by atoms with Crippen molar-refractivity contribution in [2.45, 2.75) is 6.42 Å². The van der Waals surface area contributed by atoms with Crippen molar-refractivity contribution < 1.29 is 9.72 Å². The fourth-order valence-corrected chi connectivity index (χ4v) is 3.17. The summed E-state index contributed by atoms with van der Waals surface area (Å²) >= 11 is 0. The SMILES string of the molecule is CN1C(=O)Cc2cc(Nc3ccc([N+](=O)[O-])c(-c4ccccc4)n3)ccc21. The van der Waals surface area contributed by atoms with Gasteiger partial charge in [-0.3, -0.25) is 14.9 Å². The first kappa shape index (κ1) is 16.7. The summed E-state index contributed by atoms with van der Waals surface area (Å²) in [6, 6.07) is 17.7. The minimum Gasteiger partial charge on any atom is -0.340 e. The summed E-state index contributed by atoms with van der Waals surface area (Å²) < 4.78 is 0. The molecule has 0 fully saturated rings. The Kier molecular flexibility index (Phi) is 4.04. The van der Waals surface area contributed by atoms with Gasteiger partial charge in [-0.15, -0.1) is 0 Å². The fraction of sp³-hybridized carbons (Fsp3) is 0.100. The second kappa shape index (κ2) is 6.53. The number of amides is 1. The number of aromatic nitrogens is 1. The predicted molar refractivity (Wildman–Crippen MR) is 103 cm³/mol. The number of pyridine rings is 1. The number of hydrogen-bond donors (Lipinski definition) is 1. The van der Waals surface area contributed by atoms with E-state index in [0.29, 0.717) is 23.5 Å². The zero-order chi connectivity index (χ0) is 19.0. The second-order valence-electron chi connectivity index (χ2n) is 6.29. The first-order valence-electron chi connectivity index (χ1n) is 8.40. The van der Waals surface area contributed by atoms with Crippen LogP contribution in [0.25, 0.3) is 11.3 Å². The van der Waals surface area contributed by atoms with Crippen LogP contribution in [0.4, 0.5) is 22.9 Å². The Morgan fingerprint density at radius 2 is 1.89 bits per heavy atom. The number of fused-ring (bicyclic) bond motifs is 1. The van der Waals surface area contributed by atoms with E-state index < -0.39 is 4.92 Å². The maximum atomic E-state index is 11.8.